The highest BCUT2D eigenvalue weighted by Gasteiger charge is 2.20. The average Bonchev–Trinajstić information content (AvgIpc) is 2.33. The summed E-state index contributed by atoms with van der Waals surface area (Å²) in [6.07, 6.45) is 0. The van der Waals surface area contributed by atoms with E-state index in [1.165, 1.54) is 23.1 Å². The molecule has 110 valence electrons. The van der Waals surface area contributed by atoms with Crippen molar-refractivity contribution in [2.24, 2.45) is 0 Å². The van der Waals surface area contributed by atoms with Crippen LogP contribution in [0.2, 0.25) is 0 Å². The average molecular weight is 347 g/mol. The first kappa shape index (κ1) is 16.6. The zero-order valence-electron chi connectivity index (χ0n) is 11.3. The Morgan fingerprint density at radius 1 is 1.30 bits per heavy atom. The predicted octanol–water partition coefficient (Wildman–Crippen LogP) is 1.68. The predicted molar refractivity (Wildman–Crippen MR) is 76.2 cm³/mol. The second-order valence-corrected chi connectivity index (χ2v) is 5.40. The Morgan fingerprint density at radius 3 is 2.45 bits per heavy atom. The second kappa shape index (κ2) is 7.35. The molecule has 1 aromatic carbocycles. The van der Waals surface area contributed by atoms with Crippen molar-refractivity contribution in [1.29, 1.82) is 0 Å². The molecular formula is C13H16BrFN2O3. The molecule has 0 saturated carbocycles. The molecule has 1 rings (SSSR count). The van der Waals surface area contributed by atoms with E-state index in [1.54, 1.807) is 0 Å². The molecule has 0 aliphatic rings. The summed E-state index contributed by atoms with van der Waals surface area (Å²) in [6, 6.07) is 3.69. The summed E-state index contributed by atoms with van der Waals surface area (Å²) in [6.45, 7) is 0.427. The molecule has 0 spiro atoms. The molecule has 0 aromatic heterocycles. The van der Waals surface area contributed by atoms with Gasteiger partial charge in [-0.1, -0.05) is 0 Å². The summed E-state index contributed by atoms with van der Waals surface area (Å²) >= 11 is 3.12. The Labute approximate surface area is 125 Å². The van der Waals surface area contributed by atoms with Gasteiger partial charge in [-0.15, -0.1) is 0 Å². The van der Waals surface area contributed by atoms with Crippen LogP contribution in [0.1, 0.15) is 10.4 Å². The molecule has 0 unspecified atom stereocenters. The van der Waals surface area contributed by atoms with Crippen LogP contribution in [0.5, 0.6) is 0 Å². The van der Waals surface area contributed by atoms with Gasteiger partial charge in [0.2, 0.25) is 0 Å². The van der Waals surface area contributed by atoms with Crippen LogP contribution in [-0.4, -0.2) is 60.5 Å². The van der Waals surface area contributed by atoms with Crippen LogP contribution in [0.4, 0.5) is 4.39 Å². The fourth-order valence-corrected chi connectivity index (χ4v) is 2.09. The highest BCUT2D eigenvalue weighted by molar-refractivity contribution is 9.10. The Balaban J connectivity index is 2.93. The summed E-state index contributed by atoms with van der Waals surface area (Å²) in [5.74, 6) is -2.00. The van der Waals surface area contributed by atoms with Crippen LogP contribution >= 0.6 is 15.9 Å². The first-order chi connectivity index (χ1) is 9.31. The van der Waals surface area contributed by atoms with Crippen LogP contribution in [0, 0.1) is 5.82 Å². The number of nitrogens with zero attached hydrogens (tertiary/aromatic N) is 2. The SMILES string of the molecule is CN(C)CCN(CC(=O)O)C(=O)c1ccc(F)cc1Br. The number of benzene rings is 1. The minimum Gasteiger partial charge on any atom is -0.480 e. The third kappa shape index (κ3) is 4.90. The highest BCUT2D eigenvalue weighted by Crippen LogP contribution is 2.19. The van der Waals surface area contributed by atoms with Crippen molar-refractivity contribution in [1.82, 2.24) is 9.80 Å². The lowest BCUT2D eigenvalue weighted by molar-refractivity contribution is -0.137. The van der Waals surface area contributed by atoms with Gasteiger partial charge in [0.25, 0.3) is 5.91 Å². The largest absolute Gasteiger partial charge is 0.480 e. The van der Waals surface area contributed by atoms with Crippen molar-refractivity contribution >= 4 is 27.8 Å². The molecule has 0 aliphatic carbocycles. The van der Waals surface area contributed by atoms with Crippen molar-refractivity contribution < 1.29 is 19.1 Å². The van der Waals surface area contributed by atoms with Gasteiger partial charge in [0.05, 0.1) is 5.56 Å². The Hall–Kier alpha value is -1.47. The Bertz CT molecular complexity index is 508. The molecule has 1 aromatic rings. The van der Waals surface area contributed by atoms with E-state index in [-0.39, 0.29) is 12.1 Å². The van der Waals surface area contributed by atoms with Crippen LogP contribution in [-0.2, 0) is 4.79 Å². The summed E-state index contributed by atoms with van der Waals surface area (Å²) in [7, 11) is 3.66. The quantitative estimate of drug-likeness (QED) is 0.851. The number of likely N-dealkylation sites (N-methyl/N-ethyl adjacent to an activating group) is 1. The van der Waals surface area contributed by atoms with Crippen molar-refractivity contribution in [3.63, 3.8) is 0 Å². The standard InChI is InChI=1S/C13H16BrFN2O3/c1-16(2)5-6-17(8-12(18)19)13(20)10-4-3-9(15)7-11(10)14/h3-4,7H,5-6,8H2,1-2H3,(H,18,19). The highest BCUT2D eigenvalue weighted by atomic mass is 79.9. The van der Waals surface area contributed by atoms with E-state index in [1.807, 2.05) is 19.0 Å². The number of hydrogen-bond acceptors (Lipinski definition) is 3. The second-order valence-electron chi connectivity index (χ2n) is 4.55. The van der Waals surface area contributed by atoms with E-state index in [0.29, 0.717) is 11.0 Å². The molecule has 1 N–H and O–H groups in total. The molecule has 0 atom stereocenters. The van der Waals surface area contributed by atoms with E-state index in [4.69, 9.17) is 5.11 Å². The van der Waals surface area contributed by atoms with E-state index in [9.17, 15) is 14.0 Å². The lowest BCUT2D eigenvalue weighted by Crippen LogP contribution is -2.40. The normalized spacial score (nSPS) is 10.7. The summed E-state index contributed by atoms with van der Waals surface area (Å²) in [5.41, 5.74) is 0.242. The molecule has 1 amide bonds. The van der Waals surface area contributed by atoms with E-state index in [2.05, 4.69) is 15.9 Å². The van der Waals surface area contributed by atoms with Gasteiger partial charge in [-0.3, -0.25) is 9.59 Å². The first-order valence-electron chi connectivity index (χ1n) is 5.92. The van der Waals surface area contributed by atoms with Crippen LogP contribution in [0.15, 0.2) is 22.7 Å². The summed E-state index contributed by atoms with van der Waals surface area (Å²) < 4.78 is 13.3. The third-order valence-corrected chi connectivity index (χ3v) is 3.25. The van der Waals surface area contributed by atoms with Gasteiger partial charge in [0.1, 0.15) is 12.4 Å². The maximum absolute atomic E-state index is 13.0. The number of carboxylic acids is 1. The van der Waals surface area contributed by atoms with Crippen molar-refractivity contribution in [3.8, 4) is 0 Å². The summed E-state index contributed by atoms with van der Waals surface area (Å²) in [5, 5.41) is 8.88. The molecule has 0 heterocycles. The van der Waals surface area contributed by atoms with Gasteiger partial charge in [-0.2, -0.15) is 0 Å². The maximum Gasteiger partial charge on any atom is 0.323 e. The first-order valence-corrected chi connectivity index (χ1v) is 6.71. The lowest BCUT2D eigenvalue weighted by Gasteiger charge is -2.23. The minimum atomic E-state index is -1.09. The van der Waals surface area contributed by atoms with Crippen LogP contribution in [0.25, 0.3) is 0 Å². The van der Waals surface area contributed by atoms with Crippen molar-refractivity contribution in [2.45, 2.75) is 0 Å². The molecule has 0 saturated heterocycles. The van der Waals surface area contributed by atoms with Crippen molar-refractivity contribution in [3.05, 3.63) is 34.1 Å². The molecule has 0 bridgehead atoms. The number of halogens is 2. The van der Waals surface area contributed by atoms with Gasteiger partial charge in [-0.25, -0.2) is 4.39 Å². The van der Waals surface area contributed by atoms with E-state index >= 15 is 0 Å². The number of amides is 1. The van der Waals surface area contributed by atoms with Gasteiger partial charge in [0.15, 0.2) is 0 Å². The van der Waals surface area contributed by atoms with Crippen molar-refractivity contribution in [2.75, 3.05) is 33.7 Å². The molecule has 0 radical (unpaired) electrons. The van der Waals surface area contributed by atoms with Gasteiger partial charge >= 0.3 is 5.97 Å². The summed E-state index contributed by atoms with van der Waals surface area (Å²) in [4.78, 5) is 26.2. The zero-order chi connectivity index (χ0) is 15.3. The van der Waals surface area contributed by atoms with Crippen LogP contribution < -0.4 is 0 Å². The lowest BCUT2D eigenvalue weighted by atomic mass is 10.2. The number of aliphatic carboxylic acids is 1. The number of carboxylic acid groups (broad SMARTS) is 1. The number of carbonyl (C=O) groups is 2. The zero-order valence-corrected chi connectivity index (χ0v) is 12.9. The number of hydrogen-bond donors (Lipinski definition) is 1. The molecule has 0 fully saturated rings. The fraction of sp³-hybridized carbons (Fsp3) is 0.385. The van der Waals surface area contributed by atoms with E-state index in [0.717, 1.165) is 0 Å². The third-order valence-electron chi connectivity index (χ3n) is 2.59. The topological polar surface area (TPSA) is 60.9 Å². The molecular weight excluding hydrogens is 331 g/mol. The molecule has 5 nitrogen and oxygen atoms in total. The smallest absolute Gasteiger partial charge is 0.323 e. The fourth-order valence-electron chi connectivity index (χ4n) is 1.57. The maximum atomic E-state index is 13.0. The Morgan fingerprint density at radius 2 is 1.95 bits per heavy atom. The number of carbonyl (C=O) groups excluding carboxylic acids is 1. The molecule has 7 heteroatoms. The molecule has 20 heavy (non-hydrogen) atoms. The van der Waals surface area contributed by atoms with E-state index < -0.39 is 24.2 Å². The van der Waals surface area contributed by atoms with Crippen LogP contribution in [0.3, 0.4) is 0 Å². The van der Waals surface area contributed by atoms with Gasteiger partial charge in [0, 0.05) is 17.6 Å². The monoisotopic (exact) mass is 346 g/mol. The van der Waals surface area contributed by atoms with Gasteiger partial charge < -0.3 is 14.9 Å². The van der Waals surface area contributed by atoms with Gasteiger partial charge in [-0.05, 0) is 48.2 Å². The Kier molecular flexibility index (Phi) is 6.09. The molecule has 0 aliphatic heterocycles. The number of rotatable bonds is 6. The minimum absolute atomic E-state index is 0.242.